The predicted octanol–water partition coefficient (Wildman–Crippen LogP) is 0.550. The minimum atomic E-state index is -3.79. The topological polar surface area (TPSA) is 132 Å². The van der Waals surface area contributed by atoms with Gasteiger partial charge in [0.05, 0.1) is 4.90 Å². The van der Waals surface area contributed by atoms with Crippen LogP contribution >= 0.6 is 0 Å². The molecular formula is C16H19FN4O5S. The normalized spacial score (nSPS) is 11.6. The van der Waals surface area contributed by atoms with Gasteiger partial charge in [-0.1, -0.05) is 0 Å². The minimum absolute atomic E-state index is 0.0404. The minimum Gasteiger partial charge on any atom is -0.320 e. The van der Waals surface area contributed by atoms with E-state index in [9.17, 15) is 27.2 Å². The summed E-state index contributed by atoms with van der Waals surface area (Å²) in [6.07, 6.45) is 0.157. The van der Waals surface area contributed by atoms with Gasteiger partial charge >= 0.3 is 5.69 Å². The number of halogens is 1. The second-order valence-corrected chi connectivity index (χ2v) is 7.89. The van der Waals surface area contributed by atoms with Crippen LogP contribution in [-0.4, -0.2) is 42.2 Å². The molecule has 0 atom stereocenters. The van der Waals surface area contributed by atoms with Gasteiger partial charge in [-0.15, -0.1) is 0 Å². The van der Waals surface area contributed by atoms with Gasteiger partial charge in [0.25, 0.3) is 5.56 Å². The van der Waals surface area contributed by atoms with E-state index in [4.69, 9.17) is 0 Å². The molecule has 0 unspecified atom stereocenters. The van der Waals surface area contributed by atoms with Crippen molar-refractivity contribution < 1.29 is 17.6 Å². The number of carbonyl (C=O) groups is 1. The first-order valence-corrected chi connectivity index (χ1v) is 9.40. The first-order valence-electron chi connectivity index (χ1n) is 7.96. The lowest BCUT2D eigenvalue weighted by molar-refractivity contribution is -0.116. The van der Waals surface area contributed by atoms with Crippen LogP contribution in [-0.2, 0) is 14.8 Å². The number of benzene rings is 1. The van der Waals surface area contributed by atoms with Crippen molar-refractivity contribution in [1.82, 2.24) is 14.3 Å². The number of nitrogens with one attached hydrogen (secondary N) is 3. The average molecular weight is 398 g/mol. The average Bonchev–Trinajstić information content (AvgIpc) is 2.58. The van der Waals surface area contributed by atoms with Crippen LogP contribution in [0.3, 0.4) is 0 Å². The first kappa shape index (κ1) is 20.5. The van der Waals surface area contributed by atoms with Gasteiger partial charge in [-0.25, -0.2) is 21.9 Å². The van der Waals surface area contributed by atoms with Gasteiger partial charge in [0.15, 0.2) is 0 Å². The van der Waals surface area contributed by atoms with E-state index in [1.54, 1.807) is 0 Å². The molecule has 0 bridgehead atoms. The van der Waals surface area contributed by atoms with E-state index >= 15 is 0 Å². The quantitative estimate of drug-likeness (QED) is 0.627. The van der Waals surface area contributed by atoms with E-state index < -0.39 is 33.0 Å². The number of rotatable bonds is 7. The summed E-state index contributed by atoms with van der Waals surface area (Å²) in [7, 11) is -2.44. The predicted molar refractivity (Wildman–Crippen MR) is 96.5 cm³/mol. The fourth-order valence-electron chi connectivity index (χ4n) is 2.32. The van der Waals surface area contributed by atoms with Crippen LogP contribution in [0.25, 0.3) is 0 Å². The van der Waals surface area contributed by atoms with Crippen LogP contribution in [0.5, 0.6) is 0 Å². The van der Waals surface area contributed by atoms with Gasteiger partial charge in [-0.05, 0) is 37.6 Å². The number of aromatic amines is 2. The third-order valence-electron chi connectivity index (χ3n) is 3.79. The van der Waals surface area contributed by atoms with Crippen LogP contribution < -0.4 is 16.6 Å². The molecule has 27 heavy (non-hydrogen) atoms. The standard InChI is InChI=1S/C16H19FN4O5S/c1-10-14(15(23)20-16(24)18-10)19-13(22)4-3-9-21(2)27(25,26)12-7-5-11(17)6-8-12/h5-8H,3-4,9H2,1-2H3,(H,19,22)(H2,18,20,23,24). The number of aromatic nitrogens is 2. The number of H-pyrrole nitrogens is 2. The summed E-state index contributed by atoms with van der Waals surface area (Å²) in [6, 6.07) is 4.44. The fourth-order valence-corrected chi connectivity index (χ4v) is 3.53. The smallest absolute Gasteiger partial charge is 0.320 e. The van der Waals surface area contributed by atoms with Gasteiger partial charge in [-0.3, -0.25) is 14.6 Å². The molecule has 0 aliphatic heterocycles. The second kappa shape index (κ2) is 8.27. The number of aryl methyl sites for hydroxylation is 1. The molecule has 0 aliphatic carbocycles. The van der Waals surface area contributed by atoms with Gasteiger partial charge in [-0.2, -0.15) is 0 Å². The van der Waals surface area contributed by atoms with Crippen molar-refractivity contribution in [2.75, 3.05) is 18.9 Å². The third kappa shape index (κ3) is 5.11. The summed E-state index contributed by atoms with van der Waals surface area (Å²) in [5.74, 6) is -1.04. The Hall–Kier alpha value is -2.79. The lowest BCUT2D eigenvalue weighted by atomic mass is 10.2. The number of amides is 1. The fraction of sp³-hybridized carbons (Fsp3) is 0.312. The van der Waals surface area contributed by atoms with Gasteiger partial charge in [0.2, 0.25) is 15.9 Å². The molecule has 0 fully saturated rings. The highest BCUT2D eigenvalue weighted by molar-refractivity contribution is 7.89. The molecule has 3 N–H and O–H groups in total. The largest absolute Gasteiger partial charge is 0.326 e. The Balaban J connectivity index is 1.94. The van der Waals surface area contributed by atoms with Crippen molar-refractivity contribution in [1.29, 1.82) is 0 Å². The van der Waals surface area contributed by atoms with Crippen molar-refractivity contribution in [2.45, 2.75) is 24.7 Å². The summed E-state index contributed by atoms with van der Waals surface area (Å²) in [5.41, 5.74) is -1.25. The van der Waals surface area contributed by atoms with E-state index in [0.29, 0.717) is 0 Å². The van der Waals surface area contributed by atoms with Gasteiger partial charge < -0.3 is 10.3 Å². The molecule has 9 nitrogen and oxygen atoms in total. The van der Waals surface area contributed by atoms with E-state index in [1.165, 1.54) is 26.1 Å². The molecule has 1 heterocycles. The molecule has 2 rings (SSSR count). The van der Waals surface area contributed by atoms with Crippen molar-refractivity contribution in [3.8, 4) is 0 Å². The van der Waals surface area contributed by atoms with Crippen molar-refractivity contribution in [2.24, 2.45) is 0 Å². The number of nitrogens with zero attached hydrogens (tertiary/aromatic N) is 1. The first-order chi connectivity index (χ1) is 12.6. The molecule has 0 saturated heterocycles. The van der Waals surface area contributed by atoms with E-state index in [2.05, 4.69) is 10.3 Å². The Bertz CT molecular complexity index is 1040. The SMILES string of the molecule is Cc1[nH]c(=O)[nH]c(=O)c1NC(=O)CCCN(C)S(=O)(=O)c1ccc(F)cc1. The molecule has 0 aliphatic rings. The Labute approximate surface area is 154 Å². The Morgan fingerprint density at radius 2 is 1.81 bits per heavy atom. The number of carbonyl (C=O) groups excluding carboxylic acids is 1. The third-order valence-corrected chi connectivity index (χ3v) is 5.66. The number of sulfonamides is 1. The molecule has 1 aromatic heterocycles. The highest BCUT2D eigenvalue weighted by Gasteiger charge is 2.20. The van der Waals surface area contributed by atoms with E-state index in [1.807, 2.05) is 4.98 Å². The lowest BCUT2D eigenvalue weighted by Crippen LogP contribution is -2.30. The molecule has 1 amide bonds. The second-order valence-electron chi connectivity index (χ2n) is 5.84. The monoisotopic (exact) mass is 398 g/mol. The summed E-state index contributed by atoms with van der Waals surface area (Å²) in [6.45, 7) is 1.52. The van der Waals surface area contributed by atoms with Crippen LogP contribution in [0.4, 0.5) is 10.1 Å². The maximum absolute atomic E-state index is 12.9. The zero-order chi connectivity index (χ0) is 20.2. The zero-order valence-corrected chi connectivity index (χ0v) is 15.5. The molecule has 146 valence electrons. The summed E-state index contributed by atoms with van der Waals surface area (Å²) in [4.78, 5) is 39.1. The molecule has 0 radical (unpaired) electrons. The maximum Gasteiger partial charge on any atom is 0.326 e. The molecular weight excluding hydrogens is 379 g/mol. The molecule has 0 spiro atoms. The van der Waals surface area contributed by atoms with Crippen LogP contribution in [0.15, 0.2) is 38.8 Å². The summed E-state index contributed by atoms with van der Waals surface area (Å²) in [5, 5.41) is 2.39. The van der Waals surface area contributed by atoms with Gasteiger partial charge in [0, 0.05) is 25.7 Å². The van der Waals surface area contributed by atoms with Crippen LogP contribution in [0.1, 0.15) is 18.5 Å². The highest BCUT2D eigenvalue weighted by Crippen LogP contribution is 2.15. The van der Waals surface area contributed by atoms with E-state index in [-0.39, 0.29) is 35.7 Å². The van der Waals surface area contributed by atoms with Crippen LogP contribution in [0.2, 0.25) is 0 Å². The summed E-state index contributed by atoms with van der Waals surface area (Å²) >= 11 is 0. The van der Waals surface area contributed by atoms with E-state index in [0.717, 1.165) is 16.4 Å². The van der Waals surface area contributed by atoms with Gasteiger partial charge in [0.1, 0.15) is 11.5 Å². The number of hydrogen-bond donors (Lipinski definition) is 3. The summed E-state index contributed by atoms with van der Waals surface area (Å²) < 4.78 is 38.7. The zero-order valence-electron chi connectivity index (χ0n) is 14.7. The molecule has 2 aromatic rings. The maximum atomic E-state index is 12.9. The van der Waals surface area contributed by atoms with Crippen molar-refractivity contribution in [3.05, 3.63) is 56.6 Å². The van der Waals surface area contributed by atoms with Crippen LogP contribution in [0, 0.1) is 12.7 Å². The Morgan fingerprint density at radius 1 is 1.19 bits per heavy atom. The lowest BCUT2D eigenvalue weighted by Gasteiger charge is -2.17. The number of anilines is 1. The Morgan fingerprint density at radius 3 is 2.41 bits per heavy atom. The van der Waals surface area contributed by atoms with Crippen molar-refractivity contribution >= 4 is 21.6 Å². The molecule has 1 aromatic carbocycles. The Kier molecular flexibility index (Phi) is 6.28. The highest BCUT2D eigenvalue weighted by atomic mass is 32.2. The number of hydrogen-bond acceptors (Lipinski definition) is 5. The molecule has 11 heteroatoms. The molecule has 0 saturated carbocycles. The van der Waals surface area contributed by atoms with Crippen molar-refractivity contribution in [3.63, 3.8) is 0 Å².